The smallest absolute Gasteiger partial charge is 0.344 e. The lowest BCUT2D eigenvalue weighted by Crippen LogP contribution is -2.43. The molecule has 3 aliphatic rings. The van der Waals surface area contributed by atoms with Crippen molar-refractivity contribution in [3.63, 3.8) is 0 Å². The van der Waals surface area contributed by atoms with Gasteiger partial charge in [0, 0.05) is 0 Å². The summed E-state index contributed by atoms with van der Waals surface area (Å²) >= 11 is 0. The molecule has 2 saturated carbocycles. The molecule has 0 spiro atoms. The van der Waals surface area contributed by atoms with E-state index in [0.29, 0.717) is 24.4 Å². The normalized spacial score (nSPS) is 35.2. The summed E-state index contributed by atoms with van der Waals surface area (Å²) < 4.78 is 10.5. The van der Waals surface area contributed by atoms with Gasteiger partial charge in [0.05, 0.1) is 12.7 Å². The molecule has 5 atom stereocenters. The topological polar surface area (TPSA) is 55.8 Å². The van der Waals surface area contributed by atoms with E-state index in [2.05, 4.69) is 19.1 Å². The molecule has 0 radical (unpaired) electrons. The van der Waals surface area contributed by atoms with Crippen molar-refractivity contribution in [2.24, 2.45) is 17.3 Å². The third kappa shape index (κ3) is 2.92. The number of ether oxygens (including phenoxy) is 2. The van der Waals surface area contributed by atoms with Crippen LogP contribution in [0, 0.1) is 17.3 Å². The van der Waals surface area contributed by atoms with Gasteiger partial charge in [-0.3, -0.25) is 0 Å². The summed E-state index contributed by atoms with van der Waals surface area (Å²) in [6.45, 7) is 4.46. The number of esters is 1. The summed E-state index contributed by atoms with van der Waals surface area (Å²) in [4.78, 5) is 11.5. The summed E-state index contributed by atoms with van der Waals surface area (Å²) in [6.07, 6.45) is 6.59. The van der Waals surface area contributed by atoms with Crippen molar-refractivity contribution in [1.29, 1.82) is 0 Å². The summed E-state index contributed by atoms with van der Waals surface area (Å²) in [7, 11) is 0. The largest absolute Gasteiger partial charge is 0.482 e. The van der Waals surface area contributed by atoms with E-state index in [9.17, 15) is 9.90 Å². The molecule has 0 bridgehead atoms. The Kier molecular flexibility index (Phi) is 4.72. The molecular weight excluding hydrogens is 328 g/mol. The van der Waals surface area contributed by atoms with Crippen molar-refractivity contribution < 1.29 is 19.4 Å². The summed E-state index contributed by atoms with van der Waals surface area (Å²) in [5.41, 5.74) is 2.96. The van der Waals surface area contributed by atoms with Gasteiger partial charge in [-0.2, -0.15) is 0 Å². The maximum Gasteiger partial charge on any atom is 0.344 e. The van der Waals surface area contributed by atoms with Crippen LogP contribution in [-0.4, -0.2) is 30.4 Å². The Morgan fingerprint density at radius 2 is 2.12 bits per heavy atom. The van der Waals surface area contributed by atoms with Gasteiger partial charge in [-0.15, -0.1) is 0 Å². The lowest BCUT2D eigenvalue weighted by atomic mass is 9.55. The first-order valence-corrected chi connectivity index (χ1v) is 10.1. The molecule has 0 heterocycles. The second-order valence-electron chi connectivity index (χ2n) is 8.51. The Bertz CT molecular complexity index is 685. The van der Waals surface area contributed by atoms with Crippen LogP contribution in [0.25, 0.3) is 0 Å². The fourth-order valence-corrected chi connectivity index (χ4v) is 5.97. The number of hydrogen-bond acceptors (Lipinski definition) is 4. The molecule has 1 unspecified atom stereocenters. The molecule has 26 heavy (non-hydrogen) atoms. The predicted octanol–water partition coefficient (Wildman–Crippen LogP) is 3.85. The Morgan fingerprint density at radius 1 is 1.27 bits per heavy atom. The molecule has 142 valence electrons. The predicted molar refractivity (Wildman–Crippen MR) is 99.2 cm³/mol. The number of aliphatic hydroxyl groups is 1. The van der Waals surface area contributed by atoms with Crippen LogP contribution in [0.15, 0.2) is 18.2 Å². The monoisotopic (exact) mass is 358 g/mol. The van der Waals surface area contributed by atoms with Gasteiger partial charge in [-0.25, -0.2) is 4.79 Å². The average molecular weight is 358 g/mol. The van der Waals surface area contributed by atoms with Crippen LogP contribution in [-0.2, 0) is 16.0 Å². The van der Waals surface area contributed by atoms with Gasteiger partial charge in [-0.1, -0.05) is 13.0 Å². The summed E-state index contributed by atoms with van der Waals surface area (Å²) in [5.74, 6) is 2.40. The molecular formula is C22H30O4. The van der Waals surface area contributed by atoms with E-state index in [1.807, 2.05) is 6.07 Å². The Morgan fingerprint density at radius 3 is 2.92 bits per heavy atom. The lowest BCUT2D eigenvalue weighted by molar-refractivity contribution is -0.145. The molecule has 4 nitrogen and oxygen atoms in total. The van der Waals surface area contributed by atoms with Crippen molar-refractivity contribution >= 4 is 5.97 Å². The highest BCUT2D eigenvalue weighted by Crippen LogP contribution is 2.60. The maximum atomic E-state index is 11.5. The number of rotatable bonds is 4. The van der Waals surface area contributed by atoms with E-state index in [4.69, 9.17) is 9.47 Å². The molecule has 0 aromatic heterocycles. The minimum absolute atomic E-state index is 0.0308. The van der Waals surface area contributed by atoms with Crippen LogP contribution in [0.5, 0.6) is 5.75 Å². The average Bonchev–Trinajstić information content (AvgIpc) is 2.95. The molecule has 1 aromatic carbocycles. The van der Waals surface area contributed by atoms with Crippen LogP contribution in [0.1, 0.15) is 63.0 Å². The van der Waals surface area contributed by atoms with Gasteiger partial charge in [0.25, 0.3) is 0 Å². The minimum atomic E-state index is -0.323. The highest BCUT2D eigenvalue weighted by molar-refractivity contribution is 5.71. The third-order valence-electron chi connectivity index (χ3n) is 7.31. The summed E-state index contributed by atoms with van der Waals surface area (Å²) in [5, 5.41) is 10.5. The van der Waals surface area contributed by atoms with Crippen LogP contribution >= 0.6 is 0 Å². The van der Waals surface area contributed by atoms with Crippen LogP contribution in [0.4, 0.5) is 0 Å². The molecule has 4 rings (SSSR count). The highest BCUT2D eigenvalue weighted by atomic mass is 16.6. The third-order valence-corrected chi connectivity index (χ3v) is 7.31. The van der Waals surface area contributed by atoms with Crippen molar-refractivity contribution in [1.82, 2.24) is 0 Å². The zero-order valence-corrected chi connectivity index (χ0v) is 15.9. The fourth-order valence-electron chi connectivity index (χ4n) is 5.97. The number of hydrogen-bond donors (Lipinski definition) is 1. The second kappa shape index (κ2) is 6.88. The highest BCUT2D eigenvalue weighted by Gasteiger charge is 2.54. The van der Waals surface area contributed by atoms with E-state index >= 15 is 0 Å². The molecule has 0 amide bonds. The molecule has 2 fully saturated rings. The molecule has 3 aliphatic carbocycles. The molecule has 1 aromatic rings. The number of aryl methyl sites for hydroxylation is 1. The van der Waals surface area contributed by atoms with E-state index in [1.54, 1.807) is 6.92 Å². The van der Waals surface area contributed by atoms with E-state index in [1.165, 1.54) is 30.4 Å². The Labute approximate surface area is 155 Å². The van der Waals surface area contributed by atoms with Gasteiger partial charge in [0.15, 0.2) is 6.61 Å². The van der Waals surface area contributed by atoms with Crippen molar-refractivity contribution in [2.75, 3.05) is 13.2 Å². The van der Waals surface area contributed by atoms with Crippen LogP contribution in [0.3, 0.4) is 0 Å². The first kappa shape index (κ1) is 17.8. The van der Waals surface area contributed by atoms with Crippen LogP contribution in [0.2, 0.25) is 0 Å². The summed E-state index contributed by atoms with van der Waals surface area (Å²) in [6, 6.07) is 6.32. The number of fused-ring (bicyclic) bond motifs is 5. The molecule has 0 aliphatic heterocycles. The van der Waals surface area contributed by atoms with E-state index in [0.717, 1.165) is 25.0 Å². The second-order valence-corrected chi connectivity index (χ2v) is 8.51. The van der Waals surface area contributed by atoms with Gasteiger partial charge < -0.3 is 14.6 Å². The molecule has 4 heteroatoms. The van der Waals surface area contributed by atoms with E-state index < -0.39 is 0 Å². The Balaban J connectivity index is 1.50. The zero-order valence-electron chi connectivity index (χ0n) is 15.9. The van der Waals surface area contributed by atoms with Gasteiger partial charge in [0.1, 0.15) is 5.75 Å². The lowest BCUT2D eigenvalue weighted by Gasteiger charge is -2.50. The first-order valence-electron chi connectivity index (χ1n) is 10.1. The number of benzene rings is 1. The van der Waals surface area contributed by atoms with Crippen molar-refractivity contribution in [3.05, 3.63) is 29.3 Å². The molecule has 0 saturated heterocycles. The number of carbonyl (C=O) groups is 1. The van der Waals surface area contributed by atoms with Gasteiger partial charge in [0.2, 0.25) is 0 Å². The van der Waals surface area contributed by atoms with Gasteiger partial charge >= 0.3 is 5.97 Å². The Hall–Kier alpha value is -1.55. The van der Waals surface area contributed by atoms with E-state index in [-0.39, 0.29) is 24.1 Å². The number of carbonyl (C=O) groups excluding carboxylic acids is 1. The van der Waals surface area contributed by atoms with Crippen molar-refractivity contribution in [3.8, 4) is 5.75 Å². The van der Waals surface area contributed by atoms with Gasteiger partial charge in [-0.05, 0) is 91.9 Å². The van der Waals surface area contributed by atoms with Crippen LogP contribution < -0.4 is 4.74 Å². The quantitative estimate of drug-likeness (QED) is 0.831. The first-order chi connectivity index (χ1) is 12.5. The number of aliphatic hydroxyl groups excluding tert-OH is 1. The standard InChI is InChI=1S/C22H30O4/c1-3-25-21(24)13-26-15-5-7-16-14(12-15)4-6-18-17(16)10-11-22(2)19(18)8-9-20(22)23/h5,7,12,17-20,23H,3-4,6,8-11,13H2,1-2H3/t17-,18-,19+,20?,22+/m1/s1. The molecule has 1 N–H and O–H groups in total. The van der Waals surface area contributed by atoms with Crippen molar-refractivity contribution in [2.45, 2.75) is 64.4 Å². The maximum absolute atomic E-state index is 11.5. The zero-order chi connectivity index (χ0) is 18.3. The fraction of sp³-hybridized carbons (Fsp3) is 0.682. The minimum Gasteiger partial charge on any atom is -0.482 e. The SMILES string of the molecule is CCOC(=O)COc1ccc2c(c1)CC[C@@H]1[C@@H]2CC[C@]2(C)C(O)CC[C@@H]12.